The maximum atomic E-state index is 13.1. The minimum Gasteiger partial charge on any atom is -0.304 e. The molecule has 2 heterocycles. The van der Waals surface area contributed by atoms with E-state index in [1.165, 1.54) is 4.31 Å². The van der Waals surface area contributed by atoms with Crippen LogP contribution in [0.5, 0.6) is 0 Å². The fraction of sp³-hybridized carbons (Fsp3) is 0.471. The van der Waals surface area contributed by atoms with Gasteiger partial charge in [0.2, 0.25) is 10.0 Å². The first-order valence-corrected chi connectivity index (χ1v) is 9.80. The second kappa shape index (κ2) is 6.87. The summed E-state index contributed by atoms with van der Waals surface area (Å²) in [6.45, 7) is 6.14. The van der Waals surface area contributed by atoms with Gasteiger partial charge in [-0.15, -0.1) is 0 Å². The summed E-state index contributed by atoms with van der Waals surface area (Å²) in [5.41, 5.74) is 0.588. The maximum Gasteiger partial charge on any atom is 0.243 e. The Morgan fingerprint density at radius 3 is 2.56 bits per heavy atom. The molecule has 3 rings (SSSR count). The summed E-state index contributed by atoms with van der Waals surface area (Å²) in [4.78, 5) is 6.69. The van der Waals surface area contributed by atoms with Crippen molar-refractivity contribution in [3.8, 4) is 0 Å². The number of likely N-dealkylation sites (N-methyl/N-ethyl adjacent to an activating group) is 1. The molecular formula is C17H24N4O3S. The van der Waals surface area contributed by atoms with Gasteiger partial charge in [-0.1, -0.05) is 0 Å². The number of hydrogen-bond acceptors (Lipinski definition) is 6. The van der Waals surface area contributed by atoms with Crippen LogP contribution in [-0.2, 0) is 10.0 Å². The van der Waals surface area contributed by atoms with Gasteiger partial charge in [0.1, 0.15) is 0 Å². The third-order valence-electron chi connectivity index (χ3n) is 4.53. The Morgan fingerprint density at radius 2 is 1.92 bits per heavy atom. The molecule has 1 aromatic carbocycles. The molecule has 8 heteroatoms. The summed E-state index contributed by atoms with van der Waals surface area (Å²) in [5, 5.41) is 12.3. The van der Waals surface area contributed by atoms with Gasteiger partial charge in [0, 0.05) is 49.4 Å². The molecule has 1 aromatic rings. The zero-order valence-corrected chi connectivity index (χ0v) is 15.6. The van der Waals surface area contributed by atoms with Crippen molar-refractivity contribution in [2.24, 2.45) is 4.99 Å². The predicted octanol–water partition coefficient (Wildman–Crippen LogP) is 0.0642. The van der Waals surface area contributed by atoms with E-state index in [4.69, 9.17) is 0 Å². The molecular weight excluding hydrogens is 340 g/mol. The maximum absolute atomic E-state index is 13.1. The molecule has 2 aliphatic rings. The number of hydrogen-bond donors (Lipinski definition) is 1. The standard InChI is InChI=1S/C17H24N4O3S/c1-13(2)21(22)12-14-4-5-16(15-6-7-18-17(14)15)25(23,24)20-10-8-19(3)9-11-20/h4-7,12-13,22H,8-11H2,1-3H3/b14-12-. The molecule has 0 bridgehead atoms. The van der Waals surface area contributed by atoms with E-state index in [-0.39, 0.29) is 10.9 Å². The van der Waals surface area contributed by atoms with Crippen molar-refractivity contribution in [1.29, 1.82) is 0 Å². The molecule has 0 spiro atoms. The SMILES string of the molecule is CC(C)N(O)/C=c1/ccc(S(=O)(=O)N2CCN(C)CC2)c2c1=NC=C2. The Balaban J connectivity index is 2.04. The van der Waals surface area contributed by atoms with Crippen LogP contribution in [-0.4, -0.2) is 67.2 Å². The second-order valence-electron chi connectivity index (χ2n) is 6.67. The van der Waals surface area contributed by atoms with Crippen LogP contribution in [0, 0.1) is 0 Å². The lowest BCUT2D eigenvalue weighted by atomic mass is 10.2. The molecule has 7 nitrogen and oxygen atoms in total. The predicted molar refractivity (Wildman–Crippen MR) is 95.7 cm³/mol. The minimum absolute atomic E-state index is 0.0845. The highest BCUT2D eigenvalue weighted by molar-refractivity contribution is 7.89. The number of benzene rings is 1. The van der Waals surface area contributed by atoms with E-state index in [0.717, 1.165) is 18.2 Å². The van der Waals surface area contributed by atoms with Crippen molar-refractivity contribution >= 4 is 22.3 Å². The molecule has 0 saturated carbocycles. The van der Waals surface area contributed by atoms with Gasteiger partial charge in [-0.25, -0.2) is 8.42 Å². The number of fused-ring (bicyclic) bond motifs is 1. The molecule has 0 unspecified atom stereocenters. The zero-order valence-electron chi connectivity index (χ0n) is 14.8. The lowest BCUT2D eigenvalue weighted by Crippen LogP contribution is -2.47. The molecule has 2 aliphatic heterocycles. The number of sulfonamides is 1. The van der Waals surface area contributed by atoms with Crippen LogP contribution in [0.1, 0.15) is 19.4 Å². The van der Waals surface area contributed by atoms with Crippen LogP contribution in [0.2, 0.25) is 0 Å². The van der Waals surface area contributed by atoms with E-state index in [1.807, 2.05) is 20.9 Å². The Labute approximate surface area is 148 Å². The first-order valence-electron chi connectivity index (χ1n) is 8.36. The van der Waals surface area contributed by atoms with Crippen LogP contribution >= 0.6 is 0 Å². The van der Waals surface area contributed by atoms with E-state index in [2.05, 4.69) is 9.89 Å². The normalized spacial score (nSPS) is 19.3. The summed E-state index contributed by atoms with van der Waals surface area (Å²) in [5.74, 6) is 0. The van der Waals surface area contributed by atoms with Crippen LogP contribution in [0.4, 0.5) is 0 Å². The summed E-state index contributed by atoms with van der Waals surface area (Å²) in [6, 6.07) is 3.22. The Kier molecular flexibility index (Phi) is 4.97. The molecule has 0 aliphatic carbocycles. The molecule has 0 atom stereocenters. The molecule has 0 amide bonds. The fourth-order valence-corrected chi connectivity index (χ4v) is 4.49. The lowest BCUT2D eigenvalue weighted by molar-refractivity contribution is -0.0478. The van der Waals surface area contributed by atoms with Crippen LogP contribution in [0.25, 0.3) is 12.3 Å². The van der Waals surface area contributed by atoms with E-state index in [1.54, 1.807) is 30.6 Å². The molecule has 136 valence electrons. The summed E-state index contributed by atoms with van der Waals surface area (Å²) < 4.78 is 27.6. The molecule has 1 saturated heterocycles. The van der Waals surface area contributed by atoms with Crippen molar-refractivity contribution in [3.63, 3.8) is 0 Å². The van der Waals surface area contributed by atoms with Gasteiger partial charge in [-0.05, 0) is 39.1 Å². The monoisotopic (exact) mass is 364 g/mol. The number of piperazine rings is 1. The van der Waals surface area contributed by atoms with Gasteiger partial charge in [-0.2, -0.15) is 4.31 Å². The van der Waals surface area contributed by atoms with Crippen molar-refractivity contribution in [1.82, 2.24) is 14.3 Å². The molecule has 0 aromatic heterocycles. The fourth-order valence-electron chi connectivity index (χ4n) is 2.89. The highest BCUT2D eigenvalue weighted by Gasteiger charge is 2.30. The number of hydroxylamine groups is 2. The highest BCUT2D eigenvalue weighted by Crippen LogP contribution is 2.21. The largest absolute Gasteiger partial charge is 0.304 e. The van der Waals surface area contributed by atoms with Crippen molar-refractivity contribution in [2.75, 3.05) is 33.2 Å². The van der Waals surface area contributed by atoms with Gasteiger partial charge < -0.3 is 4.90 Å². The molecule has 0 radical (unpaired) electrons. The first kappa shape index (κ1) is 18.1. The van der Waals surface area contributed by atoms with Gasteiger partial charge in [-0.3, -0.25) is 15.3 Å². The van der Waals surface area contributed by atoms with Gasteiger partial charge in [0.05, 0.1) is 16.3 Å². The summed E-state index contributed by atoms with van der Waals surface area (Å²) in [7, 11) is -1.58. The average molecular weight is 364 g/mol. The molecule has 1 fully saturated rings. The lowest BCUT2D eigenvalue weighted by Gasteiger charge is -2.31. The minimum atomic E-state index is -3.57. The van der Waals surface area contributed by atoms with Gasteiger partial charge in [0.25, 0.3) is 0 Å². The van der Waals surface area contributed by atoms with E-state index >= 15 is 0 Å². The van der Waals surface area contributed by atoms with Gasteiger partial charge in [0.15, 0.2) is 0 Å². The smallest absolute Gasteiger partial charge is 0.243 e. The quantitative estimate of drug-likeness (QED) is 0.765. The Bertz CT molecular complexity index is 901. The number of nitrogens with zero attached hydrogens (tertiary/aromatic N) is 4. The average Bonchev–Trinajstić information content (AvgIpc) is 3.05. The van der Waals surface area contributed by atoms with Crippen LogP contribution in [0.15, 0.2) is 28.2 Å². The Morgan fingerprint density at radius 1 is 1.24 bits per heavy atom. The van der Waals surface area contributed by atoms with Crippen LogP contribution in [0.3, 0.4) is 0 Å². The second-order valence-corrected chi connectivity index (χ2v) is 8.58. The van der Waals surface area contributed by atoms with Crippen molar-refractivity contribution < 1.29 is 13.6 Å². The first-order chi connectivity index (χ1) is 11.8. The van der Waals surface area contributed by atoms with Gasteiger partial charge >= 0.3 is 0 Å². The zero-order chi connectivity index (χ0) is 18.2. The third kappa shape index (κ3) is 3.48. The molecule has 1 N–H and O–H groups in total. The van der Waals surface area contributed by atoms with Crippen LogP contribution < -0.4 is 10.6 Å². The Hall–Kier alpha value is -1.74. The summed E-state index contributed by atoms with van der Waals surface area (Å²) in [6.07, 6.45) is 4.89. The van der Waals surface area contributed by atoms with Crippen molar-refractivity contribution in [3.05, 3.63) is 34.5 Å². The van der Waals surface area contributed by atoms with E-state index in [0.29, 0.717) is 29.2 Å². The molecule has 25 heavy (non-hydrogen) atoms. The summed E-state index contributed by atoms with van der Waals surface area (Å²) >= 11 is 0. The third-order valence-corrected chi connectivity index (χ3v) is 6.49. The highest BCUT2D eigenvalue weighted by atomic mass is 32.2. The topological polar surface area (TPSA) is 76.5 Å². The van der Waals surface area contributed by atoms with Crippen molar-refractivity contribution in [2.45, 2.75) is 24.8 Å². The van der Waals surface area contributed by atoms with E-state index < -0.39 is 10.0 Å². The van der Waals surface area contributed by atoms with E-state index in [9.17, 15) is 13.6 Å². The number of rotatable bonds is 4.